The van der Waals surface area contributed by atoms with Crippen LogP contribution in [0.4, 0.5) is 0 Å². The van der Waals surface area contributed by atoms with E-state index in [9.17, 15) is 4.79 Å². The van der Waals surface area contributed by atoms with Crippen LogP contribution in [0.15, 0.2) is 65.3 Å². The van der Waals surface area contributed by atoms with E-state index < -0.39 is 0 Å². The zero-order valence-corrected chi connectivity index (χ0v) is 17.7. The molecule has 0 aliphatic rings. The van der Waals surface area contributed by atoms with Crippen molar-refractivity contribution in [1.82, 2.24) is 19.9 Å². The number of ether oxygens (including phenoxy) is 1. The topological polar surface area (TPSA) is 69.0 Å². The summed E-state index contributed by atoms with van der Waals surface area (Å²) in [4.78, 5) is 21.8. The number of methoxy groups -OCH3 is 1. The number of rotatable bonds is 7. The Balaban J connectivity index is 1.50. The van der Waals surface area contributed by atoms with E-state index in [0.717, 1.165) is 31.7 Å². The zero-order chi connectivity index (χ0) is 20.2. The van der Waals surface area contributed by atoms with Crippen molar-refractivity contribution in [2.75, 3.05) is 12.9 Å². The van der Waals surface area contributed by atoms with E-state index in [0.29, 0.717) is 0 Å². The number of benzene rings is 2. The molecule has 4 aromatic rings. The number of imidazole rings is 1. The third-order valence-corrected chi connectivity index (χ3v) is 6.63. The summed E-state index contributed by atoms with van der Waals surface area (Å²) in [5.74, 6) is 1.70. The summed E-state index contributed by atoms with van der Waals surface area (Å²) in [7, 11) is 3.54. The van der Waals surface area contributed by atoms with Crippen LogP contribution < -0.4 is 10.1 Å². The number of para-hydroxylation sites is 1. The first-order valence-electron chi connectivity index (χ1n) is 9.03. The molecule has 1 amide bonds. The van der Waals surface area contributed by atoms with Gasteiger partial charge in [-0.3, -0.25) is 4.79 Å². The minimum Gasteiger partial charge on any atom is -0.497 e. The molecule has 1 N–H and O–H groups in total. The second-order valence-electron chi connectivity index (χ2n) is 6.41. The maximum atomic E-state index is 12.8. The highest BCUT2D eigenvalue weighted by Crippen LogP contribution is 2.30. The fourth-order valence-electron chi connectivity index (χ4n) is 3.02. The van der Waals surface area contributed by atoms with Crippen LogP contribution in [0.2, 0.25) is 0 Å². The number of fused-ring (bicyclic) bond motifs is 1. The molecule has 0 saturated carbocycles. The lowest BCUT2D eigenvalue weighted by molar-refractivity contribution is -0.119. The highest BCUT2D eigenvalue weighted by Gasteiger charge is 2.21. The molecule has 0 aliphatic heterocycles. The molecule has 0 bridgehead atoms. The first-order valence-corrected chi connectivity index (χ1v) is 10.8. The smallest absolute Gasteiger partial charge is 0.231 e. The molecule has 2 aromatic carbocycles. The predicted octanol–water partition coefficient (Wildman–Crippen LogP) is 4.04. The van der Waals surface area contributed by atoms with Crippen LogP contribution >= 0.6 is 23.1 Å². The first kappa shape index (κ1) is 19.5. The standard InChI is InChI=1S/C21H20N4O2S2/c1-25-11-10-22-20(25)19(14-6-5-7-15(12-14)27-2)24-18(26)13-28-21-23-16-8-3-4-9-17(16)29-21/h3-12,19H,13H2,1-2H3,(H,24,26)/t19-/m0/s1. The molecular formula is C21H20N4O2S2. The number of thiazole rings is 1. The summed E-state index contributed by atoms with van der Waals surface area (Å²) in [5.41, 5.74) is 1.87. The number of aromatic nitrogens is 3. The summed E-state index contributed by atoms with van der Waals surface area (Å²) >= 11 is 3.04. The number of thioether (sulfide) groups is 1. The van der Waals surface area contributed by atoms with E-state index in [-0.39, 0.29) is 17.7 Å². The second-order valence-corrected chi connectivity index (χ2v) is 8.66. The number of nitrogens with one attached hydrogen (secondary N) is 1. The van der Waals surface area contributed by atoms with Crippen LogP contribution in [0.1, 0.15) is 17.4 Å². The lowest BCUT2D eigenvalue weighted by Crippen LogP contribution is -2.32. The number of carbonyl (C=O) groups excluding carboxylic acids is 1. The molecule has 4 rings (SSSR count). The van der Waals surface area contributed by atoms with Gasteiger partial charge < -0.3 is 14.6 Å². The number of hydrogen-bond donors (Lipinski definition) is 1. The Bertz CT molecular complexity index is 1110. The maximum absolute atomic E-state index is 12.8. The van der Waals surface area contributed by atoms with Crippen LogP contribution in [0.3, 0.4) is 0 Å². The van der Waals surface area contributed by atoms with Gasteiger partial charge in [-0.25, -0.2) is 9.97 Å². The van der Waals surface area contributed by atoms with Gasteiger partial charge in [0.25, 0.3) is 0 Å². The fourth-order valence-corrected chi connectivity index (χ4v) is 4.90. The highest BCUT2D eigenvalue weighted by molar-refractivity contribution is 8.01. The van der Waals surface area contributed by atoms with Crippen LogP contribution in [0.25, 0.3) is 10.2 Å². The van der Waals surface area contributed by atoms with E-state index in [4.69, 9.17) is 4.74 Å². The van der Waals surface area contributed by atoms with Crippen molar-refractivity contribution in [2.24, 2.45) is 7.05 Å². The van der Waals surface area contributed by atoms with E-state index in [1.807, 2.05) is 66.3 Å². The van der Waals surface area contributed by atoms with Crippen molar-refractivity contribution in [2.45, 2.75) is 10.4 Å². The monoisotopic (exact) mass is 424 g/mol. The average Bonchev–Trinajstić information content (AvgIpc) is 3.36. The van der Waals surface area contributed by atoms with Crippen molar-refractivity contribution < 1.29 is 9.53 Å². The molecule has 0 aliphatic carbocycles. The Morgan fingerprint density at radius 2 is 2.14 bits per heavy atom. The molecule has 29 heavy (non-hydrogen) atoms. The number of hydrogen-bond acceptors (Lipinski definition) is 6. The van der Waals surface area contributed by atoms with Crippen molar-refractivity contribution in [3.8, 4) is 5.75 Å². The quantitative estimate of drug-likeness (QED) is 0.454. The second kappa shape index (κ2) is 8.67. The van der Waals surface area contributed by atoms with Crippen molar-refractivity contribution in [1.29, 1.82) is 0 Å². The Morgan fingerprint density at radius 1 is 1.28 bits per heavy atom. The van der Waals surface area contributed by atoms with Crippen molar-refractivity contribution in [3.63, 3.8) is 0 Å². The summed E-state index contributed by atoms with van der Waals surface area (Å²) in [6, 6.07) is 15.3. The van der Waals surface area contributed by atoms with Gasteiger partial charge in [-0.15, -0.1) is 11.3 Å². The molecule has 0 unspecified atom stereocenters. The van der Waals surface area contributed by atoms with Gasteiger partial charge in [0.15, 0.2) is 4.34 Å². The van der Waals surface area contributed by atoms with Crippen LogP contribution in [-0.4, -0.2) is 33.3 Å². The summed E-state index contributed by atoms with van der Waals surface area (Å²) in [6.07, 6.45) is 3.59. The van der Waals surface area contributed by atoms with Gasteiger partial charge in [-0.05, 0) is 29.8 Å². The molecule has 2 heterocycles. The average molecular weight is 425 g/mol. The molecule has 0 saturated heterocycles. The number of amides is 1. The Morgan fingerprint density at radius 3 is 2.90 bits per heavy atom. The van der Waals surface area contributed by atoms with E-state index in [1.54, 1.807) is 24.6 Å². The molecule has 0 fully saturated rings. The van der Waals surface area contributed by atoms with E-state index >= 15 is 0 Å². The summed E-state index contributed by atoms with van der Waals surface area (Å²) in [6.45, 7) is 0. The minimum absolute atomic E-state index is 0.0786. The zero-order valence-electron chi connectivity index (χ0n) is 16.0. The number of nitrogens with zero attached hydrogens (tertiary/aromatic N) is 3. The Kier molecular flexibility index (Phi) is 5.82. The van der Waals surface area contributed by atoms with Gasteiger partial charge in [0, 0.05) is 19.4 Å². The molecule has 2 aromatic heterocycles. The third kappa shape index (κ3) is 4.44. The normalized spacial score (nSPS) is 12.1. The van der Waals surface area contributed by atoms with Gasteiger partial charge in [0.05, 0.1) is 23.1 Å². The maximum Gasteiger partial charge on any atom is 0.231 e. The molecule has 0 spiro atoms. The molecular weight excluding hydrogens is 404 g/mol. The minimum atomic E-state index is -0.367. The SMILES string of the molecule is COc1cccc([C@H](NC(=O)CSc2nc3ccccc3s2)c2nccn2C)c1. The number of carbonyl (C=O) groups is 1. The molecule has 1 atom stereocenters. The predicted molar refractivity (Wildman–Crippen MR) is 117 cm³/mol. The molecule has 0 radical (unpaired) electrons. The van der Waals surface area contributed by atoms with Crippen LogP contribution in [0.5, 0.6) is 5.75 Å². The van der Waals surface area contributed by atoms with Crippen molar-refractivity contribution >= 4 is 39.2 Å². The van der Waals surface area contributed by atoms with Gasteiger partial charge >= 0.3 is 0 Å². The highest BCUT2D eigenvalue weighted by atomic mass is 32.2. The van der Waals surface area contributed by atoms with Crippen molar-refractivity contribution in [3.05, 3.63) is 72.3 Å². The fraction of sp³-hybridized carbons (Fsp3) is 0.190. The molecule has 6 nitrogen and oxygen atoms in total. The van der Waals surface area contributed by atoms with Gasteiger partial charge in [0.2, 0.25) is 5.91 Å². The van der Waals surface area contributed by atoms with Gasteiger partial charge in [0.1, 0.15) is 17.6 Å². The lowest BCUT2D eigenvalue weighted by Gasteiger charge is -2.19. The van der Waals surface area contributed by atoms with Gasteiger partial charge in [-0.2, -0.15) is 0 Å². The van der Waals surface area contributed by atoms with Crippen LogP contribution in [0, 0.1) is 0 Å². The summed E-state index contributed by atoms with van der Waals surface area (Å²) < 4.78 is 9.26. The Hall–Kier alpha value is -2.84. The van der Waals surface area contributed by atoms with Gasteiger partial charge in [-0.1, -0.05) is 36.0 Å². The van der Waals surface area contributed by atoms with E-state index in [1.165, 1.54) is 11.8 Å². The summed E-state index contributed by atoms with van der Waals surface area (Å²) in [5, 5.41) is 3.11. The Labute approximate surface area is 176 Å². The lowest BCUT2D eigenvalue weighted by atomic mass is 10.1. The largest absolute Gasteiger partial charge is 0.497 e. The third-order valence-electron chi connectivity index (χ3n) is 4.45. The van der Waals surface area contributed by atoms with Crippen LogP contribution in [-0.2, 0) is 11.8 Å². The molecule has 8 heteroatoms. The number of aryl methyl sites for hydroxylation is 1. The first-order chi connectivity index (χ1) is 14.1. The molecule has 148 valence electrons. The van der Waals surface area contributed by atoms with E-state index in [2.05, 4.69) is 15.3 Å².